The third kappa shape index (κ3) is 6.50. The summed E-state index contributed by atoms with van der Waals surface area (Å²) in [5, 5.41) is -0.733. The van der Waals surface area contributed by atoms with Gasteiger partial charge in [0.25, 0.3) is 0 Å². The molecule has 0 heterocycles. The Morgan fingerprint density at radius 1 is 1.17 bits per heavy atom. The van der Waals surface area contributed by atoms with E-state index >= 15 is 0 Å². The molecule has 0 spiro atoms. The van der Waals surface area contributed by atoms with Crippen molar-refractivity contribution in [3.8, 4) is 0 Å². The van der Waals surface area contributed by atoms with Crippen LogP contribution in [0.5, 0.6) is 0 Å². The molecule has 0 N–H and O–H groups in total. The predicted molar refractivity (Wildman–Crippen MR) is 94.5 cm³/mol. The second-order valence-electron chi connectivity index (χ2n) is 5.11. The number of hydrogen-bond acceptors (Lipinski definition) is 3. The van der Waals surface area contributed by atoms with E-state index in [0.717, 1.165) is 5.56 Å². The van der Waals surface area contributed by atoms with Crippen molar-refractivity contribution >= 4 is 58.2 Å². The smallest absolute Gasteiger partial charge is 0.317 e. The summed E-state index contributed by atoms with van der Waals surface area (Å²) >= 11 is 23.9. The molecule has 7 heteroatoms. The maximum atomic E-state index is 12.3. The molecule has 0 saturated carbocycles. The monoisotopic (exact) mass is 398 g/mol. The standard InChI is InChI=1S/C16H18Cl4O3/c1-3-23-15(22)13(10(2)21)14(11-7-5-4-6-8-11)12(17)9-16(18,19)20/h4-8,12-14H,3,9H2,1-2H3. The maximum Gasteiger partial charge on any atom is 0.317 e. The third-order valence-electron chi connectivity index (χ3n) is 3.34. The number of carbonyl (C=O) groups excluding carboxylic acids is 2. The van der Waals surface area contributed by atoms with E-state index in [1.807, 2.05) is 6.07 Å². The Bertz CT molecular complexity index is 528. The van der Waals surface area contributed by atoms with Crippen molar-refractivity contribution in [3.63, 3.8) is 0 Å². The highest BCUT2D eigenvalue weighted by Crippen LogP contribution is 2.41. The molecule has 128 valence electrons. The van der Waals surface area contributed by atoms with Crippen molar-refractivity contribution in [2.24, 2.45) is 5.92 Å². The van der Waals surface area contributed by atoms with Gasteiger partial charge in [-0.05, 0) is 19.4 Å². The van der Waals surface area contributed by atoms with Crippen LogP contribution in [0.4, 0.5) is 0 Å². The van der Waals surface area contributed by atoms with E-state index in [9.17, 15) is 9.59 Å². The molecule has 23 heavy (non-hydrogen) atoms. The fourth-order valence-corrected chi connectivity index (χ4v) is 3.69. The fourth-order valence-electron chi connectivity index (χ4n) is 2.43. The maximum absolute atomic E-state index is 12.3. The number of carbonyl (C=O) groups is 2. The number of Topliss-reactive ketones (excluding diaryl/α,β-unsaturated/α-hetero) is 1. The molecule has 3 atom stereocenters. The summed E-state index contributed by atoms with van der Waals surface area (Å²) in [4.78, 5) is 24.4. The number of ketones is 1. The summed E-state index contributed by atoms with van der Waals surface area (Å²) in [6, 6.07) is 8.99. The average molecular weight is 400 g/mol. The van der Waals surface area contributed by atoms with Gasteiger partial charge in [0.1, 0.15) is 11.7 Å². The lowest BCUT2D eigenvalue weighted by molar-refractivity contribution is -0.152. The summed E-state index contributed by atoms with van der Waals surface area (Å²) in [7, 11) is 0. The van der Waals surface area contributed by atoms with E-state index < -0.39 is 27.0 Å². The normalized spacial score (nSPS) is 15.6. The lowest BCUT2D eigenvalue weighted by Gasteiger charge is -2.29. The van der Waals surface area contributed by atoms with Crippen molar-refractivity contribution in [1.82, 2.24) is 0 Å². The molecular weight excluding hydrogens is 382 g/mol. The Morgan fingerprint density at radius 3 is 2.17 bits per heavy atom. The van der Waals surface area contributed by atoms with E-state index in [2.05, 4.69) is 0 Å². The molecule has 0 bridgehead atoms. The third-order valence-corrected chi connectivity index (χ3v) is 4.23. The minimum atomic E-state index is -1.59. The lowest BCUT2D eigenvalue weighted by Crippen LogP contribution is -2.36. The molecule has 1 aromatic rings. The van der Waals surface area contributed by atoms with Crippen LogP contribution in [0.15, 0.2) is 30.3 Å². The molecule has 0 saturated heterocycles. The van der Waals surface area contributed by atoms with Crippen molar-refractivity contribution in [3.05, 3.63) is 35.9 Å². The summed E-state index contributed by atoms with van der Waals surface area (Å²) in [6.45, 7) is 3.17. The van der Waals surface area contributed by atoms with E-state index in [1.54, 1.807) is 31.2 Å². The van der Waals surface area contributed by atoms with Gasteiger partial charge >= 0.3 is 5.97 Å². The number of ether oxygens (including phenoxy) is 1. The van der Waals surface area contributed by atoms with Gasteiger partial charge in [0.2, 0.25) is 0 Å². The Labute approximate surface area is 156 Å². The molecule has 0 aliphatic carbocycles. The van der Waals surface area contributed by atoms with Crippen molar-refractivity contribution in [2.75, 3.05) is 6.61 Å². The molecule has 0 amide bonds. The van der Waals surface area contributed by atoms with Gasteiger partial charge in [-0.3, -0.25) is 9.59 Å². The van der Waals surface area contributed by atoms with Gasteiger partial charge < -0.3 is 4.74 Å². The summed E-state index contributed by atoms with van der Waals surface area (Å²) < 4.78 is 3.44. The van der Waals surface area contributed by atoms with Crippen LogP contribution in [0.2, 0.25) is 0 Å². The number of benzene rings is 1. The van der Waals surface area contributed by atoms with Crippen LogP contribution in [-0.4, -0.2) is 27.5 Å². The minimum Gasteiger partial charge on any atom is -0.465 e. The largest absolute Gasteiger partial charge is 0.465 e. The quantitative estimate of drug-likeness (QED) is 0.371. The molecule has 3 unspecified atom stereocenters. The van der Waals surface area contributed by atoms with Gasteiger partial charge in [-0.2, -0.15) is 0 Å². The Hall–Kier alpha value is -0.480. The molecule has 0 fully saturated rings. The molecule has 0 radical (unpaired) electrons. The van der Waals surface area contributed by atoms with Gasteiger partial charge in [-0.1, -0.05) is 65.1 Å². The van der Waals surface area contributed by atoms with Crippen LogP contribution in [0.3, 0.4) is 0 Å². The number of rotatable bonds is 7. The topological polar surface area (TPSA) is 43.4 Å². The van der Waals surface area contributed by atoms with Crippen molar-refractivity contribution in [1.29, 1.82) is 0 Å². The number of esters is 1. The highest BCUT2D eigenvalue weighted by molar-refractivity contribution is 6.67. The van der Waals surface area contributed by atoms with E-state index in [1.165, 1.54) is 6.92 Å². The Balaban J connectivity index is 3.26. The van der Waals surface area contributed by atoms with Crippen LogP contribution in [-0.2, 0) is 14.3 Å². The summed E-state index contributed by atoms with van der Waals surface area (Å²) in [6.07, 6.45) is -0.0119. The lowest BCUT2D eigenvalue weighted by atomic mass is 9.80. The first-order chi connectivity index (χ1) is 10.7. The van der Waals surface area contributed by atoms with Crippen LogP contribution in [0, 0.1) is 5.92 Å². The molecule has 0 aliphatic heterocycles. The van der Waals surface area contributed by atoms with Crippen LogP contribution in [0.1, 0.15) is 31.7 Å². The zero-order valence-corrected chi connectivity index (χ0v) is 15.8. The number of alkyl halides is 4. The zero-order valence-electron chi connectivity index (χ0n) is 12.8. The first-order valence-electron chi connectivity index (χ1n) is 7.10. The first-order valence-corrected chi connectivity index (χ1v) is 8.67. The van der Waals surface area contributed by atoms with E-state index in [0.29, 0.717) is 0 Å². The van der Waals surface area contributed by atoms with Gasteiger partial charge in [-0.15, -0.1) is 11.6 Å². The van der Waals surface area contributed by atoms with Crippen molar-refractivity contribution in [2.45, 2.75) is 35.4 Å². The molecule has 0 aromatic heterocycles. The minimum absolute atomic E-state index is 0.0119. The fraction of sp³-hybridized carbons (Fsp3) is 0.500. The second kappa shape index (κ2) is 9.12. The summed E-state index contributed by atoms with van der Waals surface area (Å²) in [5.41, 5.74) is 0.718. The second-order valence-corrected chi connectivity index (χ2v) is 8.19. The van der Waals surface area contributed by atoms with Gasteiger partial charge in [-0.25, -0.2) is 0 Å². The molecule has 3 nitrogen and oxygen atoms in total. The highest BCUT2D eigenvalue weighted by Gasteiger charge is 2.41. The van der Waals surface area contributed by atoms with Crippen LogP contribution < -0.4 is 0 Å². The average Bonchev–Trinajstić information content (AvgIpc) is 2.43. The SMILES string of the molecule is CCOC(=O)C(C(C)=O)C(c1ccccc1)C(Cl)CC(Cl)(Cl)Cl. The zero-order chi connectivity index (χ0) is 17.6. The van der Waals surface area contributed by atoms with E-state index in [-0.39, 0.29) is 18.8 Å². The van der Waals surface area contributed by atoms with Gasteiger partial charge in [0, 0.05) is 17.7 Å². The highest BCUT2D eigenvalue weighted by atomic mass is 35.6. The number of halogens is 4. The molecule has 1 aromatic carbocycles. The van der Waals surface area contributed by atoms with E-state index in [4.69, 9.17) is 51.1 Å². The first kappa shape index (κ1) is 20.6. The number of hydrogen-bond donors (Lipinski definition) is 0. The Morgan fingerprint density at radius 2 is 1.74 bits per heavy atom. The van der Waals surface area contributed by atoms with Gasteiger partial charge in [0.15, 0.2) is 3.79 Å². The summed E-state index contributed by atoms with van der Waals surface area (Å²) in [5.74, 6) is -2.66. The Kier molecular flexibility index (Phi) is 8.15. The van der Waals surface area contributed by atoms with Gasteiger partial charge in [0.05, 0.1) is 6.61 Å². The predicted octanol–water partition coefficient (Wildman–Crippen LogP) is 4.91. The molecular formula is C16H18Cl4O3. The molecule has 1 rings (SSSR count). The molecule has 0 aliphatic rings. The van der Waals surface area contributed by atoms with Crippen LogP contribution in [0.25, 0.3) is 0 Å². The van der Waals surface area contributed by atoms with Crippen molar-refractivity contribution < 1.29 is 14.3 Å². The van der Waals surface area contributed by atoms with Crippen LogP contribution >= 0.6 is 46.4 Å².